The number of alkyl halides is 1. The van der Waals surface area contributed by atoms with E-state index in [0.717, 1.165) is 18.5 Å². The maximum Gasteiger partial charge on any atom is 0.0351 e. The zero-order valence-corrected chi connectivity index (χ0v) is 6.69. The van der Waals surface area contributed by atoms with Crippen LogP contribution < -0.4 is 0 Å². The smallest absolute Gasteiger partial charge is 0.0351 e. The van der Waals surface area contributed by atoms with Crippen LogP contribution in [0.3, 0.4) is 0 Å². The summed E-state index contributed by atoms with van der Waals surface area (Å²) in [5.41, 5.74) is 0. The first-order valence-electron chi connectivity index (χ1n) is 3.64. The molecule has 54 valence electrons. The van der Waals surface area contributed by atoms with Crippen molar-refractivity contribution in [3.05, 3.63) is 0 Å². The Morgan fingerprint density at radius 3 is 2.89 bits per heavy atom. The molecule has 0 N–H and O–H groups in total. The van der Waals surface area contributed by atoms with Crippen LogP contribution in [0.25, 0.3) is 0 Å². The first-order chi connectivity index (χ1) is 4.34. The minimum atomic E-state index is 0.781. The summed E-state index contributed by atoms with van der Waals surface area (Å²) in [4.78, 5) is 2.45. The average Bonchev–Trinajstić information content (AvgIpc) is 2.18. The van der Waals surface area contributed by atoms with Crippen molar-refractivity contribution in [2.24, 2.45) is 0 Å². The van der Waals surface area contributed by atoms with Crippen LogP contribution in [0.15, 0.2) is 0 Å². The summed E-state index contributed by atoms with van der Waals surface area (Å²) >= 11 is 5.61. The van der Waals surface area contributed by atoms with Gasteiger partial charge in [0.1, 0.15) is 0 Å². The van der Waals surface area contributed by atoms with Gasteiger partial charge in [-0.3, -0.25) is 4.90 Å². The van der Waals surface area contributed by atoms with Crippen LogP contribution in [0.4, 0.5) is 0 Å². The molecule has 0 aromatic rings. The van der Waals surface area contributed by atoms with Crippen molar-refractivity contribution in [2.75, 3.05) is 19.0 Å². The van der Waals surface area contributed by atoms with E-state index in [9.17, 15) is 0 Å². The molecule has 0 saturated carbocycles. The number of rotatable bonds is 2. The van der Waals surface area contributed by atoms with E-state index in [0.29, 0.717) is 0 Å². The second-order valence-corrected chi connectivity index (χ2v) is 3.09. The Labute approximate surface area is 62.0 Å². The third-order valence-corrected chi connectivity index (χ3v) is 2.23. The molecule has 1 fully saturated rings. The third kappa shape index (κ3) is 1.84. The van der Waals surface area contributed by atoms with Gasteiger partial charge in [-0.25, -0.2) is 0 Å². The van der Waals surface area contributed by atoms with Crippen molar-refractivity contribution in [2.45, 2.75) is 25.8 Å². The molecule has 0 radical (unpaired) electrons. The molecular formula is C7H14ClN. The Morgan fingerprint density at radius 2 is 2.44 bits per heavy atom. The maximum absolute atomic E-state index is 5.61. The lowest BCUT2D eigenvalue weighted by molar-refractivity contribution is 0.285. The van der Waals surface area contributed by atoms with Crippen LogP contribution in [0.2, 0.25) is 0 Å². The standard InChI is InChI=1S/C7H14ClN/c1-7-3-2-5-9(7)6-4-8/h7H,2-6H2,1H3/t7-/m1/s1. The molecule has 1 aliphatic heterocycles. The Kier molecular flexibility index (Phi) is 2.80. The number of hydrogen-bond donors (Lipinski definition) is 0. The molecular weight excluding hydrogens is 134 g/mol. The Morgan fingerprint density at radius 1 is 1.67 bits per heavy atom. The molecule has 0 unspecified atom stereocenters. The van der Waals surface area contributed by atoms with E-state index in [1.165, 1.54) is 19.4 Å². The fourth-order valence-electron chi connectivity index (χ4n) is 1.43. The summed E-state index contributed by atoms with van der Waals surface area (Å²) in [5.74, 6) is 0.782. The van der Waals surface area contributed by atoms with E-state index in [4.69, 9.17) is 11.6 Å². The predicted octanol–water partition coefficient (Wildman–Crippen LogP) is 1.71. The van der Waals surface area contributed by atoms with Gasteiger partial charge in [0.2, 0.25) is 0 Å². The first-order valence-corrected chi connectivity index (χ1v) is 4.18. The van der Waals surface area contributed by atoms with E-state index in [-0.39, 0.29) is 0 Å². The van der Waals surface area contributed by atoms with Crippen LogP contribution in [-0.4, -0.2) is 29.9 Å². The summed E-state index contributed by atoms with van der Waals surface area (Å²) in [5, 5.41) is 0. The third-order valence-electron chi connectivity index (χ3n) is 2.06. The lowest BCUT2D eigenvalue weighted by Gasteiger charge is -2.18. The molecule has 0 amide bonds. The van der Waals surface area contributed by atoms with Crippen molar-refractivity contribution >= 4 is 11.6 Å². The van der Waals surface area contributed by atoms with Crippen LogP contribution in [-0.2, 0) is 0 Å². The van der Waals surface area contributed by atoms with Gasteiger partial charge in [0.15, 0.2) is 0 Å². The van der Waals surface area contributed by atoms with Gasteiger partial charge in [-0.05, 0) is 26.3 Å². The van der Waals surface area contributed by atoms with Gasteiger partial charge in [0.05, 0.1) is 0 Å². The Balaban J connectivity index is 2.22. The number of likely N-dealkylation sites (tertiary alicyclic amines) is 1. The van der Waals surface area contributed by atoms with E-state index in [1.54, 1.807) is 0 Å². The fraction of sp³-hybridized carbons (Fsp3) is 1.00. The Bertz CT molecular complexity index is 85.0. The van der Waals surface area contributed by atoms with E-state index < -0.39 is 0 Å². The molecule has 1 aliphatic rings. The van der Waals surface area contributed by atoms with Crippen molar-refractivity contribution in [1.82, 2.24) is 4.90 Å². The molecule has 1 atom stereocenters. The van der Waals surface area contributed by atoms with E-state index in [2.05, 4.69) is 11.8 Å². The summed E-state index contributed by atoms with van der Waals surface area (Å²) in [6.45, 7) is 4.61. The molecule has 1 saturated heterocycles. The quantitative estimate of drug-likeness (QED) is 0.538. The minimum absolute atomic E-state index is 0.781. The largest absolute Gasteiger partial charge is 0.299 e. The number of halogens is 1. The highest BCUT2D eigenvalue weighted by Crippen LogP contribution is 2.15. The summed E-state index contributed by atoms with van der Waals surface area (Å²) in [7, 11) is 0. The molecule has 0 bridgehead atoms. The van der Waals surface area contributed by atoms with Gasteiger partial charge in [0.25, 0.3) is 0 Å². The predicted molar refractivity (Wildman–Crippen MR) is 41.0 cm³/mol. The van der Waals surface area contributed by atoms with Crippen molar-refractivity contribution in [1.29, 1.82) is 0 Å². The van der Waals surface area contributed by atoms with Crippen molar-refractivity contribution in [3.63, 3.8) is 0 Å². The van der Waals surface area contributed by atoms with Gasteiger partial charge in [-0.15, -0.1) is 11.6 Å². The summed E-state index contributed by atoms with van der Waals surface area (Å²) in [6.07, 6.45) is 2.72. The maximum atomic E-state index is 5.61. The second-order valence-electron chi connectivity index (χ2n) is 2.72. The number of hydrogen-bond acceptors (Lipinski definition) is 1. The van der Waals surface area contributed by atoms with Crippen LogP contribution >= 0.6 is 11.6 Å². The lowest BCUT2D eigenvalue weighted by atomic mass is 10.2. The number of nitrogens with zero attached hydrogens (tertiary/aromatic N) is 1. The molecule has 1 heterocycles. The SMILES string of the molecule is C[C@@H]1CCCN1CCCl. The molecule has 9 heavy (non-hydrogen) atoms. The highest BCUT2D eigenvalue weighted by Gasteiger charge is 2.18. The van der Waals surface area contributed by atoms with Gasteiger partial charge < -0.3 is 0 Å². The molecule has 0 aromatic carbocycles. The topological polar surface area (TPSA) is 3.24 Å². The highest BCUT2D eigenvalue weighted by atomic mass is 35.5. The van der Waals surface area contributed by atoms with Crippen molar-refractivity contribution < 1.29 is 0 Å². The van der Waals surface area contributed by atoms with Gasteiger partial charge >= 0.3 is 0 Å². The van der Waals surface area contributed by atoms with Gasteiger partial charge in [0, 0.05) is 18.5 Å². The first kappa shape index (κ1) is 7.36. The molecule has 2 heteroatoms. The summed E-state index contributed by atoms with van der Waals surface area (Å²) in [6, 6.07) is 0.781. The molecule has 0 aromatic heterocycles. The summed E-state index contributed by atoms with van der Waals surface area (Å²) < 4.78 is 0. The normalized spacial score (nSPS) is 29.3. The molecule has 0 spiro atoms. The lowest BCUT2D eigenvalue weighted by Crippen LogP contribution is -2.28. The second kappa shape index (κ2) is 3.43. The zero-order chi connectivity index (χ0) is 6.69. The van der Waals surface area contributed by atoms with Crippen LogP contribution in [0.5, 0.6) is 0 Å². The minimum Gasteiger partial charge on any atom is -0.299 e. The molecule has 0 aliphatic carbocycles. The van der Waals surface area contributed by atoms with E-state index in [1.807, 2.05) is 0 Å². The monoisotopic (exact) mass is 147 g/mol. The van der Waals surface area contributed by atoms with Gasteiger partial charge in [-0.2, -0.15) is 0 Å². The zero-order valence-electron chi connectivity index (χ0n) is 5.94. The van der Waals surface area contributed by atoms with Crippen LogP contribution in [0, 0.1) is 0 Å². The average molecular weight is 148 g/mol. The highest BCUT2D eigenvalue weighted by molar-refractivity contribution is 6.18. The Hall–Kier alpha value is 0.250. The van der Waals surface area contributed by atoms with Crippen molar-refractivity contribution in [3.8, 4) is 0 Å². The molecule has 1 nitrogen and oxygen atoms in total. The van der Waals surface area contributed by atoms with Crippen LogP contribution in [0.1, 0.15) is 19.8 Å². The molecule has 1 rings (SSSR count). The van der Waals surface area contributed by atoms with E-state index >= 15 is 0 Å². The van der Waals surface area contributed by atoms with Gasteiger partial charge in [-0.1, -0.05) is 0 Å². The fourth-order valence-corrected chi connectivity index (χ4v) is 1.65.